The van der Waals surface area contributed by atoms with Crippen LogP contribution >= 0.6 is 0 Å². The summed E-state index contributed by atoms with van der Waals surface area (Å²) in [5, 5.41) is 3.39. The Morgan fingerprint density at radius 1 is 1.14 bits per heavy atom. The molecule has 0 amide bonds. The molecule has 14 heavy (non-hydrogen) atoms. The summed E-state index contributed by atoms with van der Waals surface area (Å²) in [7, 11) is 0. The molecule has 1 atom stereocenters. The second-order valence-electron chi connectivity index (χ2n) is 4.90. The first-order valence-corrected chi connectivity index (χ1v) is 5.44. The summed E-state index contributed by atoms with van der Waals surface area (Å²) in [6.45, 7) is 18.9. The van der Waals surface area contributed by atoms with E-state index < -0.39 is 0 Å². The van der Waals surface area contributed by atoms with Crippen molar-refractivity contribution in [2.24, 2.45) is 11.8 Å². The minimum Gasteiger partial charge on any atom is -0.382 e. The molecule has 0 aromatic heterocycles. The number of allylic oxidation sites excluding steroid dienone is 1. The smallest absolute Gasteiger partial charge is 0.0490 e. The number of hydrogen-bond acceptors (Lipinski definition) is 1. The zero-order chi connectivity index (χ0) is 11.3. The molecule has 0 bridgehead atoms. The monoisotopic (exact) mass is 195 g/mol. The molecule has 0 saturated heterocycles. The standard InChI is InChI=1S/C13H25N/c1-9(2)8-12(7)13(10(3)4)14-11(5)6/h9-10,13-14H,5,7-8H2,1-4,6H3. The molecule has 0 aromatic carbocycles. The molecule has 0 rings (SSSR count). The molecule has 0 aliphatic carbocycles. The van der Waals surface area contributed by atoms with Gasteiger partial charge in [0.1, 0.15) is 0 Å². The predicted molar refractivity (Wildman–Crippen MR) is 65.2 cm³/mol. The molecule has 0 aliphatic heterocycles. The number of nitrogens with one attached hydrogen (secondary N) is 1. The second kappa shape index (κ2) is 5.90. The highest BCUT2D eigenvalue weighted by Crippen LogP contribution is 2.18. The summed E-state index contributed by atoms with van der Waals surface area (Å²) in [5.74, 6) is 1.24. The molecule has 0 fully saturated rings. The van der Waals surface area contributed by atoms with Crippen LogP contribution in [0.5, 0.6) is 0 Å². The van der Waals surface area contributed by atoms with E-state index in [9.17, 15) is 0 Å². The van der Waals surface area contributed by atoms with Gasteiger partial charge in [0.2, 0.25) is 0 Å². The first-order chi connectivity index (χ1) is 6.34. The average Bonchev–Trinajstić information content (AvgIpc) is 1.97. The van der Waals surface area contributed by atoms with Crippen molar-refractivity contribution in [3.63, 3.8) is 0 Å². The fourth-order valence-corrected chi connectivity index (χ4v) is 1.66. The van der Waals surface area contributed by atoms with Crippen LogP contribution in [0.1, 0.15) is 41.0 Å². The Balaban J connectivity index is 4.33. The Labute approximate surface area is 89.3 Å². The van der Waals surface area contributed by atoms with Crippen LogP contribution in [0.25, 0.3) is 0 Å². The van der Waals surface area contributed by atoms with E-state index in [0.29, 0.717) is 17.9 Å². The lowest BCUT2D eigenvalue weighted by molar-refractivity contribution is 0.455. The molecule has 0 saturated carbocycles. The van der Waals surface area contributed by atoms with Gasteiger partial charge in [-0.25, -0.2) is 0 Å². The van der Waals surface area contributed by atoms with Gasteiger partial charge < -0.3 is 5.32 Å². The van der Waals surface area contributed by atoms with Gasteiger partial charge in [0.25, 0.3) is 0 Å². The summed E-state index contributed by atoms with van der Waals surface area (Å²) in [6, 6.07) is 0.370. The quantitative estimate of drug-likeness (QED) is 0.637. The van der Waals surface area contributed by atoms with E-state index in [4.69, 9.17) is 0 Å². The van der Waals surface area contributed by atoms with Crippen LogP contribution in [-0.4, -0.2) is 6.04 Å². The molecular formula is C13H25N. The minimum absolute atomic E-state index is 0.370. The lowest BCUT2D eigenvalue weighted by atomic mass is 9.91. The average molecular weight is 195 g/mol. The highest BCUT2D eigenvalue weighted by molar-refractivity contribution is 5.10. The predicted octanol–water partition coefficient (Wildman–Crippen LogP) is 3.74. The zero-order valence-corrected chi connectivity index (χ0v) is 10.4. The van der Waals surface area contributed by atoms with Crippen LogP contribution in [0.4, 0.5) is 0 Å². The molecule has 0 spiro atoms. The Bertz CT molecular complexity index is 201. The summed E-state index contributed by atoms with van der Waals surface area (Å²) in [4.78, 5) is 0. The maximum absolute atomic E-state index is 4.17. The third-order valence-corrected chi connectivity index (χ3v) is 2.18. The number of hydrogen-bond donors (Lipinski definition) is 1. The molecule has 82 valence electrons. The van der Waals surface area contributed by atoms with Crippen LogP contribution < -0.4 is 5.32 Å². The van der Waals surface area contributed by atoms with Crippen LogP contribution in [0, 0.1) is 11.8 Å². The largest absolute Gasteiger partial charge is 0.382 e. The number of rotatable bonds is 6. The Kier molecular flexibility index (Phi) is 5.59. The van der Waals surface area contributed by atoms with E-state index >= 15 is 0 Å². The fourth-order valence-electron chi connectivity index (χ4n) is 1.66. The first kappa shape index (κ1) is 13.3. The maximum Gasteiger partial charge on any atom is 0.0490 e. The molecule has 0 radical (unpaired) electrons. The van der Waals surface area contributed by atoms with E-state index in [0.717, 1.165) is 12.1 Å². The van der Waals surface area contributed by atoms with E-state index in [1.54, 1.807) is 0 Å². The van der Waals surface area contributed by atoms with Crippen molar-refractivity contribution >= 4 is 0 Å². The van der Waals surface area contributed by atoms with Gasteiger partial charge in [-0.2, -0.15) is 0 Å². The van der Waals surface area contributed by atoms with Crippen LogP contribution in [0.3, 0.4) is 0 Å². The Morgan fingerprint density at radius 2 is 1.64 bits per heavy atom. The van der Waals surface area contributed by atoms with Gasteiger partial charge in [0.15, 0.2) is 0 Å². The normalized spacial score (nSPS) is 13.1. The molecule has 1 nitrogen and oxygen atoms in total. The van der Waals surface area contributed by atoms with Gasteiger partial charge in [-0.05, 0) is 25.2 Å². The van der Waals surface area contributed by atoms with Crippen molar-refractivity contribution in [2.45, 2.75) is 47.1 Å². The Hall–Kier alpha value is -0.720. The van der Waals surface area contributed by atoms with Crippen molar-refractivity contribution in [1.29, 1.82) is 0 Å². The van der Waals surface area contributed by atoms with E-state index in [1.165, 1.54) is 5.57 Å². The minimum atomic E-state index is 0.370. The van der Waals surface area contributed by atoms with Gasteiger partial charge in [0, 0.05) is 11.7 Å². The zero-order valence-electron chi connectivity index (χ0n) is 10.4. The van der Waals surface area contributed by atoms with Crippen LogP contribution in [0.15, 0.2) is 24.4 Å². The molecule has 0 aliphatic rings. The topological polar surface area (TPSA) is 12.0 Å². The van der Waals surface area contributed by atoms with Crippen molar-refractivity contribution < 1.29 is 0 Å². The van der Waals surface area contributed by atoms with Gasteiger partial charge >= 0.3 is 0 Å². The van der Waals surface area contributed by atoms with Gasteiger partial charge in [-0.1, -0.05) is 46.4 Å². The van der Waals surface area contributed by atoms with Crippen molar-refractivity contribution in [3.8, 4) is 0 Å². The lowest BCUT2D eigenvalue weighted by Gasteiger charge is -2.26. The first-order valence-electron chi connectivity index (χ1n) is 5.44. The second-order valence-corrected chi connectivity index (χ2v) is 4.90. The molecule has 1 N–H and O–H groups in total. The SMILES string of the molecule is C=C(C)NC(C(=C)CC(C)C)C(C)C. The van der Waals surface area contributed by atoms with Crippen LogP contribution in [0.2, 0.25) is 0 Å². The molecular weight excluding hydrogens is 170 g/mol. The van der Waals surface area contributed by atoms with E-state index in [2.05, 4.69) is 46.2 Å². The Morgan fingerprint density at radius 3 is 1.93 bits per heavy atom. The van der Waals surface area contributed by atoms with Gasteiger partial charge in [-0.3, -0.25) is 0 Å². The van der Waals surface area contributed by atoms with Crippen molar-refractivity contribution in [2.75, 3.05) is 0 Å². The lowest BCUT2D eigenvalue weighted by Crippen LogP contribution is -2.34. The maximum atomic E-state index is 4.17. The van der Waals surface area contributed by atoms with Crippen molar-refractivity contribution in [1.82, 2.24) is 5.32 Å². The van der Waals surface area contributed by atoms with E-state index in [-0.39, 0.29) is 0 Å². The molecule has 0 heterocycles. The third kappa shape index (κ3) is 5.11. The molecule has 1 heteroatoms. The highest BCUT2D eigenvalue weighted by Gasteiger charge is 2.16. The third-order valence-electron chi connectivity index (χ3n) is 2.18. The van der Waals surface area contributed by atoms with Gasteiger partial charge in [-0.15, -0.1) is 0 Å². The summed E-state index contributed by atoms with van der Waals surface area (Å²) in [6.07, 6.45) is 1.09. The summed E-state index contributed by atoms with van der Waals surface area (Å²) < 4.78 is 0. The molecule has 1 unspecified atom stereocenters. The van der Waals surface area contributed by atoms with Crippen molar-refractivity contribution in [3.05, 3.63) is 24.4 Å². The fraction of sp³-hybridized carbons (Fsp3) is 0.692. The summed E-state index contributed by atoms with van der Waals surface area (Å²) in [5.41, 5.74) is 2.31. The van der Waals surface area contributed by atoms with Crippen LogP contribution in [-0.2, 0) is 0 Å². The molecule has 0 aromatic rings. The van der Waals surface area contributed by atoms with Gasteiger partial charge in [0.05, 0.1) is 0 Å². The summed E-state index contributed by atoms with van der Waals surface area (Å²) >= 11 is 0. The van der Waals surface area contributed by atoms with E-state index in [1.807, 2.05) is 6.92 Å². The highest BCUT2D eigenvalue weighted by atomic mass is 14.9.